The number of benzene rings is 3. The SMILES string of the molecule is CC[C@H](Oc1cccc(Cl)c1)C(=O)N[C@H](c1ccccc1)c1ccc(C)cc1. The molecule has 4 heteroatoms. The van der Waals surface area contributed by atoms with Gasteiger partial charge in [-0.05, 0) is 42.7 Å². The van der Waals surface area contributed by atoms with Gasteiger partial charge < -0.3 is 10.1 Å². The van der Waals surface area contributed by atoms with Crippen molar-refractivity contribution < 1.29 is 9.53 Å². The molecule has 0 bridgehead atoms. The fourth-order valence-corrected chi connectivity index (χ4v) is 3.21. The summed E-state index contributed by atoms with van der Waals surface area (Å²) in [5, 5.41) is 3.74. The number of carbonyl (C=O) groups excluding carboxylic acids is 1. The molecule has 0 aliphatic rings. The quantitative estimate of drug-likeness (QED) is 0.558. The van der Waals surface area contributed by atoms with Crippen molar-refractivity contribution in [2.75, 3.05) is 0 Å². The zero-order valence-corrected chi connectivity index (χ0v) is 16.8. The lowest BCUT2D eigenvalue weighted by Crippen LogP contribution is -2.40. The Morgan fingerprint density at radius 1 is 0.964 bits per heavy atom. The molecule has 3 aromatic rings. The number of nitrogens with one attached hydrogen (secondary N) is 1. The molecule has 3 rings (SSSR count). The summed E-state index contributed by atoms with van der Waals surface area (Å²) in [6.07, 6.45) is -0.0524. The standard InChI is InChI=1S/C24H24ClNO2/c1-3-22(28-21-11-7-10-20(25)16-21)24(27)26-23(18-8-5-4-6-9-18)19-14-12-17(2)13-15-19/h4-16,22-23H,3H2,1-2H3,(H,26,27)/t22-,23+/m0/s1. The Morgan fingerprint density at radius 3 is 2.29 bits per heavy atom. The molecule has 28 heavy (non-hydrogen) atoms. The van der Waals surface area contributed by atoms with Gasteiger partial charge >= 0.3 is 0 Å². The fraction of sp³-hybridized carbons (Fsp3) is 0.208. The molecule has 0 unspecified atom stereocenters. The fourth-order valence-electron chi connectivity index (χ4n) is 3.03. The maximum absolute atomic E-state index is 13.0. The second kappa shape index (κ2) is 9.43. The number of halogens is 1. The maximum Gasteiger partial charge on any atom is 0.261 e. The minimum Gasteiger partial charge on any atom is -0.481 e. The zero-order valence-electron chi connectivity index (χ0n) is 16.1. The lowest BCUT2D eigenvalue weighted by atomic mass is 9.97. The monoisotopic (exact) mass is 393 g/mol. The highest BCUT2D eigenvalue weighted by Gasteiger charge is 2.23. The van der Waals surface area contributed by atoms with Gasteiger partial charge in [0.25, 0.3) is 5.91 Å². The van der Waals surface area contributed by atoms with E-state index in [1.807, 2.05) is 56.3 Å². The highest BCUT2D eigenvalue weighted by Crippen LogP contribution is 2.24. The molecule has 144 valence electrons. The van der Waals surface area contributed by atoms with Gasteiger partial charge in [0.2, 0.25) is 0 Å². The normalized spacial score (nSPS) is 12.8. The first-order valence-electron chi connectivity index (χ1n) is 9.41. The van der Waals surface area contributed by atoms with E-state index in [1.165, 1.54) is 5.56 Å². The molecule has 0 aromatic heterocycles. The van der Waals surface area contributed by atoms with E-state index >= 15 is 0 Å². The molecule has 0 heterocycles. The van der Waals surface area contributed by atoms with Crippen LogP contribution in [0.5, 0.6) is 5.75 Å². The third-order valence-corrected chi connectivity index (χ3v) is 4.80. The van der Waals surface area contributed by atoms with E-state index in [0.717, 1.165) is 11.1 Å². The van der Waals surface area contributed by atoms with Crippen LogP contribution in [0, 0.1) is 6.92 Å². The van der Waals surface area contributed by atoms with Crippen molar-refractivity contribution >= 4 is 17.5 Å². The first-order valence-corrected chi connectivity index (χ1v) is 9.78. The first-order chi connectivity index (χ1) is 13.6. The highest BCUT2D eigenvalue weighted by molar-refractivity contribution is 6.30. The van der Waals surface area contributed by atoms with Crippen molar-refractivity contribution in [1.29, 1.82) is 0 Å². The Bertz CT molecular complexity index is 909. The van der Waals surface area contributed by atoms with E-state index in [9.17, 15) is 4.79 Å². The number of hydrogen-bond acceptors (Lipinski definition) is 2. The van der Waals surface area contributed by atoms with Crippen molar-refractivity contribution in [1.82, 2.24) is 5.32 Å². The van der Waals surface area contributed by atoms with Crippen LogP contribution >= 0.6 is 11.6 Å². The predicted octanol–water partition coefficient (Wildman–Crippen LogP) is 5.71. The van der Waals surface area contributed by atoms with Gasteiger partial charge in [-0.2, -0.15) is 0 Å². The lowest BCUT2D eigenvalue weighted by molar-refractivity contribution is -0.128. The van der Waals surface area contributed by atoms with Gasteiger partial charge in [-0.3, -0.25) is 4.79 Å². The van der Waals surface area contributed by atoms with Crippen LogP contribution in [-0.4, -0.2) is 12.0 Å². The number of hydrogen-bond donors (Lipinski definition) is 1. The van der Waals surface area contributed by atoms with E-state index in [0.29, 0.717) is 17.2 Å². The van der Waals surface area contributed by atoms with Gasteiger partial charge in [0, 0.05) is 5.02 Å². The van der Waals surface area contributed by atoms with Crippen LogP contribution in [0.1, 0.15) is 36.1 Å². The molecule has 0 saturated carbocycles. The summed E-state index contributed by atoms with van der Waals surface area (Å²) in [4.78, 5) is 13.0. The van der Waals surface area contributed by atoms with E-state index in [4.69, 9.17) is 16.3 Å². The van der Waals surface area contributed by atoms with Crippen molar-refractivity contribution in [3.05, 3.63) is 101 Å². The number of aryl methyl sites for hydroxylation is 1. The number of ether oxygens (including phenoxy) is 1. The Hall–Kier alpha value is -2.78. The van der Waals surface area contributed by atoms with E-state index in [1.54, 1.807) is 24.3 Å². The van der Waals surface area contributed by atoms with Gasteiger partial charge in [0.1, 0.15) is 5.75 Å². The molecule has 3 aromatic carbocycles. The van der Waals surface area contributed by atoms with E-state index in [2.05, 4.69) is 17.4 Å². The topological polar surface area (TPSA) is 38.3 Å². The maximum atomic E-state index is 13.0. The summed E-state index contributed by atoms with van der Waals surface area (Å²) < 4.78 is 5.90. The van der Waals surface area contributed by atoms with E-state index < -0.39 is 6.10 Å². The Labute approximate surface area is 171 Å². The number of carbonyl (C=O) groups is 1. The Balaban J connectivity index is 1.82. The Kier molecular flexibility index (Phi) is 6.72. The molecule has 3 nitrogen and oxygen atoms in total. The van der Waals surface area contributed by atoms with Gasteiger partial charge in [0.05, 0.1) is 6.04 Å². The molecular weight excluding hydrogens is 370 g/mol. The van der Waals surface area contributed by atoms with Gasteiger partial charge in [0.15, 0.2) is 6.10 Å². The van der Waals surface area contributed by atoms with Crippen LogP contribution in [0.4, 0.5) is 0 Å². The third-order valence-electron chi connectivity index (χ3n) is 4.57. The third kappa shape index (κ3) is 5.14. The summed E-state index contributed by atoms with van der Waals surface area (Å²) in [5.74, 6) is 0.429. The number of rotatable bonds is 7. The first kappa shape index (κ1) is 20.0. The van der Waals surface area contributed by atoms with Crippen molar-refractivity contribution in [3.63, 3.8) is 0 Å². The second-order valence-electron chi connectivity index (χ2n) is 6.74. The predicted molar refractivity (Wildman–Crippen MR) is 114 cm³/mol. The van der Waals surface area contributed by atoms with Crippen LogP contribution < -0.4 is 10.1 Å². The molecule has 1 N–H and O–H groups in total. The minimum absolute atomic E-state index is 0.156. The highest BCUT2D eigenvalue weighted by atomic mass is 35.5. The van der Waals surface area contributed by atoms with Gasteiger partial charge in [-0.1, -0.05) is 84.8 Å². The lowest BCUT2D eigenvalue weighted by Gasteiger charge is -2.24. The van der Waals surface area contributed by atoms with Crippen LogP contribution in [0.15, 0.2) is 78.9 Å². The Morgan fingerprint density at radius 2 is 1.64 bits per heavy atom. The molecule has 0 aliphatic heterocycles. The average molecular weight is 394 g/mol. The summed E-state index contributed by atoms with van der Waals surface area (Å²) in [7, 11) is 0. The number of amides is 1. The molecule has 0 aliphatic carbocycles. The van der Waals surface area contributed by atoms with Crippen molar-refractivity contribution in [2.24, 2.45) is 0 Å². The summed E-state index contributed by atoms with van der Waals surface area (Å²) >= 11 is 6.03. The minimum atomic E-state index is -0.602. The summed E-state index contributed by atoms with van der Waals surface area (Å²) in [6, 6.07) is 25.0. The van der Waals surface area contributed by atoms with Crippen LogP contribution in [-0.2, 0) is 4.79 Å². The van der Waals surface area contributed by atoms with Crippen molar-refractivity contribution in [3.8, 4) is 5.75 Å². The smallest absolute Gasteiger partial charge is 0.261 e. The molecule has 0 saturated heterocycles. The molecular formula is C24H24ClNO2. The molecule has 0 fully saturated rings. The summed E-state index contributed by atoms with van der Waals surface area (Å²) in [5.41, 5.74) is 3.23. The van der Waals surface area contributed by atoms with Crippen molar-refractivity contribution in [2.45, 2.75) is 32.4 Å². The molecule has 1 amide bonds. The summed E-state index contributed by atoms with van der Waals surface area (Å²) in [6.45, 7) is 3.98. The molecule has 0 radical (unpaired) electrons. The van der Waals surface area contributed by atoms with E-state index in [-0.39, 0.29) is 11.9 Å². The van der Waals surface area contributed by atoms with Crippen LogP contribution in [0.25, 0.3) is 0 Å². The molecule has 2 atom stereocenters. The second-order valence-corrected chi connectivity index (χ2v) is 7.17. The van der Waals surface area contributed by atoms with Gasteiger partial charge in [-0.15, -0.1) is 0 Å². The van der Waals surface area contributed by atoms with Crippen LogP contribution in [0.3, 0.4) is 0 Å². The zero-order chi connectivity index (χ0) is 19.9. The average Bonchev–Trinajstić information content (AvgIpc) is 2.71. The van der Waals surface area contributed by atoms with Gasteiger partial charge in [-0.25, -0.2) is 0 Å². The largest absolute Gasteiger partial charge is 0.481 e. The van der Waals surface area contributed by atoms with Crippen LogP contribution in [0.2, 0.25) is 5.02 Å². The molecule has 0 spiro atoms.